The minimum atomic E-state index is 0.673. The largest absolute Gasteiger partial charge is 0.397 e. The molecule has 2 rings (SSSR count). The van der Waals surface area contributed by atoms with Gasteiger partial charge in [0.15, 0.2) is 0 Å². The Bertz CT molecular complexity index is 628. The van der Waals surface area contributed by atoms with Crippen molar-refractivity contribution in [2.45, 2.75) is 13.5 Å². The molecule has 0 amide bonds. The number of anilines is 2. The van der Waals surface area contributed by atoms with Crippen LogP contribution in [0.4, 0.5) is 11.5 Å². The first-order chi connectivity index (χ1) is 9.10. The van der Waals surface area contributed by atoms with Gasteiger partial charge in [-0.1, -0.05) is 12.1 Å². The number of benzene rings is 1. The number of nitrogen functional groups attached to an aromatic ring is 1. The van der Waals surface area contributed by atoms with Crippen molar-refractivity contribution in [1.82, 2.24) is 4.98 Å². The summed E-state index contributed by atoms with van der Waals surface area (Å²) >= 11 is 0. The van der Waals surface area contributed by atoms with Crippen molar-refractivity contribution in [3.63, 3.8) is 0 Å². The van der Waals surface area contributed by atoms with Crippen LogP contribution in [-0.4, -0.2) is 12.0 Å². The van der Waals surface area contributed by atoms with Gasteiger partial charge in [0.1, 0.15) is 5.82 Å². The van der Waals surface area contributed by atoms with Crippen molar-refractivity contribution in [1.29, 1.82) is 5.26 Å². The molecule has 4 nitrogen and oxygen atoms in total. The summed E-state index contributed by atoms with van der Waals surface area (Å²) in [6.45, 7) is 2.66. The molecule has 2 aromatic rings. The molecule has 0 spiro atoms. The molecule has 0 unspecified atom stereocenters. The summed E-state index contributed by atoms with van der Waals surface area (Å²) in [5.74, 6) is 0.870. The van der Waals surface area contributed by atoms with Crippen molar-refractivity contribution >= 4 is 11.5 Å². The lowest BCUT2D eigenvalue weighted by atomic mass is 10.1. The van der Waals surface area contributed by atoms with E-state index in [0.717, 1.165) is 16.9 Å². The number of aryl methyl sites for hydroxylation is 1. The van der Waals surface area contributed by atoms with E-state index in [2.05, 4.69) is 11.1 Å². The summed E-state index contributed by atoms with van der Waals surface area (Å²) in [6.07, 6.45) is 1.67. The van der Waals surface area contributed by atoms with Crippen LogP contribution in [-0.2, 0) is 6.54 Å². The molecule has 4 heteroatoms. The van der Waals surface area contributed by atoms with E-state index in [4.69, 9.17) is 11.0 Å². The van der Waals surface area contributed by atoms with Gasteiger partial charge in [0.05, 0.1) is 23.5 Å². The van der Waals surface area contributed by atoms with Gasteiger partial charge >= 0.3 is 0 Å². The van der Waals surface area contributed by atoms with E-state index in [0.29, 0.717) is 17.8 Å². The SMILES string of the molecule is Cc1cc(N(C)Cc2cccc(C#N)c2)ncc1N. The molecule has 0 fully saturated rings. The molecule has 2 N–H and O–H groups in total. The zero-order valence-electron chi connectivity index (χ0n) is 11.1. The average molecular weight is 252 g/mol. The number of hydrogen-bond donors (Lipinski definition) is 1. The van der Waals surface area contributed by atoms with Crippen LogP contribution >= 0.6 is 0 Å². The molecule has 1 aromatic heterocycles. The van der Waals surface area contributed by atoms with Crippen LogP contribution in [0.2, 0.25) is 0 Å². The summed E-state index contributed by atoms with van der Waals surface area (Å²) in [5, 5.41) is 8.89. The van der Waals surface area contributed by atoms with E-state index >= 15 is 0 Å². The predicted octanol–water partition coefficient (Wildman–Crippen LogP) is 2.48. The second-order valence-corrected chi connectivity index (χ2v) is 4.57. The Balaban J connectivity index is 2.18. The van der Waals surface area contributed by atoms with E-state index in [1.807, 2.05) is 43.1 Å². The number of aromatic nitrogens is 1. The van der Waals surface area contributed by atoms with Crippen molar-refractivity contribution in [3.8, 4) is 6.07 Å². The van der Waals surface area contributed by atoms with E-state index in [-0.39, 0.29) is 0 Å². The Hall–Kier alpha value is -2.54. The average Bonchev–Trinajstić information content (AvgIpc) is 2.42. The molecule has 0 radical (unpaired) electrons. The Labute approximate surface area is 113 Å². The van der Waals surface area contributed by atoms with Crippen molar-refractivity contribution in [2.75, 3.05) is 17.7 Å². The van der Waals surface area contributed by atoms with Crippen LogP contribution in [0.5, 0.6) is 0 Å². The van der Waals surface area contributed by atoms with Crippen LogP contribution in [0, 0.1) is 18.3 Å². The lowest BCUT2D eigenvalue weighted by Gasteiger charge is -2.19. The Morgan fingerprint density at radius 2 is 2.16 bits per heavy atom. The fraction of sp³-hybridized carbons (Fsp3) is 0.200. The summed E-state index contributed by atoms with van der Waals surface area (Å²) in [5.41, 5.74) is 9.23. The van der Waals surface area contributed by atoms with Crippen LogP contribution in [0.3, 0.4) is 0 Å². The molecule has 0 aliphatic heterocycles. The molecular weight excluding hydrogens is 236 g/mol. The topological polar surface area (TPSA) is 65.9 Å². The van der Waals surface area contributed by atoms with E-state index in [1.54, 1.807) is 12.3 Å². The summed E-state index contributed by atoms with van der Waals surface area (Å²) in [7, 11) is 1.97. The smallest absolute Gasteiger partial charge is 0.128 e. The third kappa shape index (κ3) is 3.02. The maximum absolute atomic E-state index is 8.89. The molecule has 19 heavy (non-hydrogen) atoms. The van der Waals surface area contributed by atoms with Gasteiger partial charge in [-0.3, -0.25) is 0 Å². The first kappa shape index (κ1) is 12.9. The molecule has 96 valence electrons. The second kappa shape index (κ2) is 5.40. The number of nitrogens with zero attached hydrogens (tertiary/aromatic N) is 3. The molecule has 0 saturated carbocycles. The number of nitrogens with two attached hydrogens (primary N) is 1. The normalized spacial score (nSPS) is 9.95. The van der Waals surface area contributed by atoms with Gasteiger partial charge < -0.3 is 10.6 Å². The lowest BCUT2D eigenvalue weighted by Crippen LogP contribution is -2.18. The second-order valence-electron chi connectivity index (χ2n) is 4.57. The van der Waals surface area contributed by atoms with Crippen LogP contribution < -0.4 is 10.6 Å². The molecule has 0 aliphatic carbocycles. The highest BCUT2D eigenvalue weighted by atomic mass is 15.2. The van der Waals surface area contributed by atoms with Gasteiger partial charge in [-0.05, 0) is 36.2 Å². The van der Waals surface area contributed by atoms with Crippen LogP contribution in [0.25, 0.3) is 0 Å². The standard InChI is InChI=1S/C15H16N4/c1-11-6-15(18-9-14(11)17)19(2)10-13-5-3-4-12(7-13)8-16/h3-7,9H,10,17H2,1-2H3. The molecule has 0 atom stereocenters. The lowest BCUT2D eigenvalue weighted by molar-refractivity contribution is 0.896. The van der Waals surface area contributed by atoms with E-state index in [9.17, 15) is 0 Å². The predicted molar refractivity (Wildman–Crippen MR) is 76.7 cm³/mol. The van der Waals surface area contributed by atoms with Crippen molar-refractivity contribution < 1.29 is 0 Å². The third-order valence-electron chi connectivity index (χ3n) is 3.00. The number of rotatable bonds is 3. The maximum atomic E-state index is 8.89. The number of nitriles is 1. The minimum Gasteiger partial charge on any atom is -0.397 e. The molecule has 1 aromatic carbocycles. The van der Waals surface area contributed by atoms with E-state index < -0.39 is 0 Å². The van der Waals surface area contributed by atoms with E-state index in [1.165, 1.54) is 0 Å². The summed E-state index contributed by atoms with van der Waals surface area (Å²) in [6, 6.07) is 11.7. The highest BCUT2D eigenvalue weighted by Crippen LogP contribution is 2.18. The first-order valence-electron chi connectivity index (χ1n) is 6.02. The highest BCUT2D eigenvalue weighted by molar-refractivity contribution is 5.52. The first-order valence-corrected chi connectivity index (χ1v) is 6.02. The van der Waals surface area contributed by atoms with Crippen LogP contribution in [0.1, 0.15) is 16.7 Å². The van der Waals surface area contributed by atoms with Gasteiger partial charge in [-0.15, -0.1) is 0 Å². The third-order valence-corrected chi connectivity index (χ3v) is 3.00. The quantitative estimate of drug-likeness (QED) is 0.911. The molecule has 1 heterocycles. The highest BCUT2D eigenvalue weighted by Gasteiger charge is 2.05. The minimum absolute atomic E-state index is 0.673. The van der Waals surface area contributed by atoms with Crippen molar-refractivity contribution in [3.05, 3.63) is 53.2 Å². The molecular formula is C15H16N4. The number of hydrogen-bond acceptors (Lipinski definition) is 4. The van der Waals surface area contributed by atoms with Gasteiger partial charge in [-0.25, -0.2) is 4.98 Å². The Morgan fingerprint density at radius 1 is 1.37 bits per heavy atom. The van der Waals surface area contributed by atoms with Crippen LogP contribution in [0.15, 0.2) is 36.5 Å². The Kier molecular flexibility index (Phi) is 3.67. The number of pyridine rings is 1. The summed E-state index contributed by atoms with van der Waals surface area (Å²) < 4.78 is 0. The van der Waals surface area contributed by atoms with Gasteiger partial charge in [0, 0.05) is 13.6 Å². The zero-order chi connectivity index (χ0) is 13.8. The fourth-order valence-corrected chi connectivity index (χ4v) is 1.85. The summed E-state index contributed by atoms with van der Waals surface area (Å²) in [4.78, 5) is 6.34. The van der Waals surface area contributed by atoms with Gasteiger partial charge in [0.25, 0.3) is 0 Å². The fourth-order valence-electron chi connectivity index (χ4n) is 1.85. The van der Waals surface area contributed by atoms with Crippen molar-refractivity contribution in [2.24, 2.45) is 0 Å². The molecule has 0 saturated heterocycles. The molecule has 0 aliphatic rings. The maximum Gasteiger partial charge on any atom is 0.128 e. The Morgan fingerprint density at radius 3 is 2.84 bits per heavy atom. The molecule has 0 bridgehead atoms. The van der Waals surface area contributed by atoms with Gasteiger partial charge in [-0.2, -0.15) is 5.26 Å². The van der Waals surface area contributed by atoms with Gasteiger partial charge in [0.2, 0.25) is 0 Å². The zero-order valence-corrected chi connectivity index (χ0v) is 11.1. The monoisotopic (exact) mass is 252 g/mol.